The minimum absolute atomic E-state index is 0.0378. The molecule has 0 saturated carbocycles. The lowest BCUT2D eigenvalue weighted by Gasteiger charge is -2.20. The molecule has 2 heteroatoms. The molecular formula is C100H60O2. The van der Waals surface area contributed by atoms with Crippen molar-refractivity contribution in [2.24, 2.45) is 0 Å². The van der Waals surface area contributed by atoms with Crippen LogP contribution in [0.5, 0.6) is 0 Å². The van der Waals surface area contributed by atoms with E-state index in [0.29, 0.717) is 27.5 Å². The lowest BCUT2D eigenvalue weighted by Crippen LogP contribution is -1.92. The van der Waals surface area contributed by atoms with Crippen LogP contribution in [0, 0.1) is 0 Å². The van der Waals surface area contributed by atoms with E-state index in [0.717, 1.165) is 32.7 Å². The van der Waals surface area contributed by atoms with Crippen LogP contribution in [-0.4, -0.2) is 0 Å². The molecule has 22 rings (SSSR count). The number of furan rings is 2. The van der Waals surface area contributed by atoms with E-state index >= 15 is 0 Å². The van der Waals surface area contributed by atoms with E-state index in [-0.39, 0.29) is 32.7 Å². The summed E-state index contributed by atoms with van der Waals surface area (Å²) in [6, 6.07) is -9.98. The number of fused-ring (bicyclic) bond motifs is 16. The fraction of sp³-hybridized carbons (Fsp3) is 0. The van der Waals surface area contributed by atoms with Crippen LogP contribution in [0.1, 0.15) is 61.7 Å². The van der Waals surface area contributed by atoms with E-state index < -0.39 is 397 Å². The zero-order chi connectivity index (χ0) is 106. The first-order valence-corrected chi connectivity index (χ1v) is 31.5. The van der Waals surface area contributed by atoms with Crippen molar-refractivity contribution in [2.45, 2.75) is 0 Å². The summed E-state index contributed by atoms with van der Waals surface area (Å²) in [6.07, 6.45) is 0. The van der Waals surface area contributed by atoms with Gasteiger partial charge in [0.2, 0.25) is 0 Å². The Morgan fingerprint density at radius 1 is 0.186 bits per heavy atom. The predicted molar refractivity (Wildman–Crippen MR) is 435 cm³/mol. The summed E-state index contributed by atoms with van der Waals surface area (Å²) in [4.78, 5) is 0. The van der Waals surface area contributed by atoms with Gasteiger partial charge in [-0.3, -0.25) is 0 Å². The lowest BCUT2D eigenvalue weighted by molar-refractivity contribution is 0.669. The molecule has 22 aromatic rings. The zero-order valence-corrected chi connectivity index (χ0v) is 52.0. The van der Waals surface area contributed by atoms with Gasteiger partial charge < -0.3 is 8.83 Å². The van der Waals surface area contributed by atoms with E-state index in [1.807, 2.05) is 72.8 Å². The van der Waals surface area contributed by atoms with Crippen molar-refractivity contribution < 1.29 is 70.5 Å². The maximum atomic E-state index is 9.71. The Hall–Kier alpha value is -13.4. The fourth-order valence-electron chi connectivity index (χ4n) is 14.1. The number of rotatable bonds is 6. The minimum Gasteiger partial charge on any atom is -0.456 e. The smallest absolute Gasteiger partial charge is 0.136 e. The summed E-state index contributed by atoms with van der Waals surface area (Å²) in [5.74, 6) is 0. The van der Waals surface area contributed by atoms with Crippen molar-refractivity contribution >= 4 is 152 Å². The summed E-state index contributed by atoms with van der Waals surface area (Å²) in [7, 11) is 0. The molecule has 0 aliphatic heterocycles. The number of hydrogen-bond donors (Lipinski definition) is 0. The lowest BCUT2D eigenvalue weighted by atomic mass is 9.83. The molecule has 0 spiro atoms. The normalized spacial score (nSPS) is 18.1. The number of hydrogen-bond acceptors (Lipinski definition) is 2. The van der Waals surface area contributed by atoms with E-state index in [1.165, 1.54) is 0 Å². The van der Waals surface area contributed by atoms with Gasteiger partial charge in [0.1, 0.15) is 22.3 Å². The highest BCUT2D eigenvalue weighted by Crippen LogP contribution is 2.51. The molecule has 0 aliphatic carbocycles. The first-order chi connectivity index (χ1) is 69.3. The molecule has 0 saturated heterocycles. The average Bonchev–Trinajstić information content (AvgIpc) is 1.68. The van der Waals surface area contributed by atoms with Gasteiger partial charge in [-0.25, -0.2) is 0 Å². The summed E-state index contributed by atoms with van der Waals surface area (Å²) < 4.78 is 422. The highest BCUT2D eigenvalue weighted by atomic mass is 16.3. The standard InChI is InChI=1S/2C50H30O/c1-2-15-33-30-47-45(29-32(33)14-1)50-40(27-12-28-46(50)51-47)37-24-10-23-36-35(37)22-11-26-39(36)49-43-20-7-5-18-41(43)48(42-19-6-8-21-44(42)49)38-25-9-16-31-13-3-4-17-34(31)38;1-2-13-32-28-35(27-26-31(32)12-1)48-41-16-5-7-18-43(41)49(44-19-8-6-17-42(44)48)39-23-10-20-36-37(39)21-9-22-38(36)40-24-11-25-46-50(40)45-29-33-14-3-4-15-34(33)30-47(45)51-46/h2*1-30H/i1D,2D,3D,4D,5D,6D,7D,8D,9D,10D,11D,12D,13D,14D,15D,16D,17D,18D,19D,20D,21D,22D,23D,24D,25D,26D,27D,28D,29D,30D;1D,2D,5D,6D,7D,8D,12D,13D,16D,17D,18D,19D,26D,27D,28D. The first kappa shape index (κ1) is 28.8. The molecule has 0 unspecified atom stereocenters. The van der Waals surface area contributed by atoms with Gasteiger partial charge in [-0.1, -0.05) is 321 Å². The van der Waals surface area contributed by atoms with Crippen LogP contribution >= 0.6 is 0 Å². The van der Waals surface area contributed by atoms with Crippen molar-refractivity contribution in [2.75, 3.05) is 0 Å². The highest BCUT2D eigenvalue weighted by molar-refractivity contribution is 6.28. The van der Waals surface area contributed by atoms with Crippen LogP contribution < -0.4 is 0 Å². The van der Waals surface area contributed by atoms with Crippen molar-refractivity contribution in [1.29, 1.82) is 0 Å². The monoisotopic (exact) mass is 1340 g/mol. The molecule has 102 heavy (non-hydrogen) atoms. The minimum atomic E-state index is -1.12. The van der Waals surface area contributed by atoms with Crippen LogP contribution in [0.3, 0.4) is 0 Å². The van der Waals surface area contributed by atoms with E-state index in [2.05, 4.69) is 6.07 Å². The highest BCUT2D eigenvalue weighted by Gasteiger charge is 2.24. The van der Waals surface area contributed by atoms with Crippen LogP contribution in [0.15, 0.2) is 372 Å². The molecule has 2 heterocycles. The second-order valence-corrected chi connectivity index (χ2v) is 23.7. The second kappa shape index (κ2) is 23.1. The molecule has 0 amide bonds. The Labute approximate surface area is 650 Å². The van der Waals surface area contributed by atoms with E-state index in [4.69, 9.17) is 43.1 Å². The molecule has 0 radical (unpaired) electrons. The van der Waals surface area contributed by atoms with E-state index in [1.54, 1.807) is 12.1 Å². The molecule has 20 aromatic carbocycles. The Morgan fingerprint density at radius 2 is 0.618 bits per heavy atom. The molecule has 2 aromatic heterocycles. The second-order valence-electron chi connectivity index (χ2n) is 23.7. The third kappa shape index (κ3) is 9.00. The van der Waals surface area contributed by atoms with Crippen LogP contribution in [-0.2, 0) is 0 Å². The molecule has 0 atom stereocenters. The summed E-state index contributed by atoms with van der Waals surface area (Å²) in [5, 5.41) is -4.99. The molecular weight excluding hydrogens is 1230 g/mol. The summed E-state index contributed by atoms with van der Waals surface area (Å²) in [6.45, 7) is 0. The third-order valence-corrected chi connectivity index (χ3v) is 18.4. The molecule has 472 valence electrons. The first-order valence-electron chi connectivity index (χ1n) is 54.0. The summed E-state index contributed by atoms with van der Waals surface area (Å²) in [5.41, 5.74) is -3.50. The zero-order valence-electron chi connectivity index (χ0n) is 97.0. The van der Waals surface area contributed by atoms with Gasteiger partial charge in [0.05, 0.1) is 61.7 Å². The van der Waals surface area contributed by atoms with Gasteiger partial charge in [0.15, 0.2) is 0 Å². The average molecular weight is 1340 g/mol. The van der Waals surface area contributed by atoms with Crippen LogP contribution in [0.2, 0.25) is 0 Å². The van der Waals surface area contributed by atoms with Gasteiger partial charge in [-0.05, 0) is 217 Å². The SMILES string of the molecule is [2H]c1c([2H])c(-c2c([2H])c([2H])c([2H])c3c(-c4c5c([2H])c([2H])c([2H])c([2H])c5c(-c5c([2H])c([2H])c([2H])c6c([2H])c([2H])c([2H])c([2H])c56)c5c([2H])c([2H])c([2H])c([2H])c45)c([2H])c([2H])c([2H])c23)c2c(oc3c([2H])c4c([2H])c([2H])c([2H])c([2H])c4c([2H])c32)c1[2H].[2H]c1c([2H])c([2H])c2c([2H])c(-c3c4c([2H])c([2H])c([2H])c([2H])c4c(-c4cccc5c(-c6cccc7oc8cc9ccccc9cc8c67)cccc45)c4c([2H])c([2H])c([2H])c([2H])c34)c([2H])c([2H])c2c1[2H]. The Kier molecular flexibility index (Phi) is 6.53. The Morgan fingerprint density at radius 3 is 1.27 bits per heavy atom. The van der Waals surface area contributed by atoms with Gasteiger partial charge in [0, 0.05) is 21.5 Å². The van der Waals surface area contributed by atoms with Crippen molar-refractivity contribution in [3.8, 4) is 66.8 Å². The molecule has 0 N–H and O–H groups in total. The van der Waals surface area contributed by atoms with Crippen LogP contribution in [0.25, 0.3) is 218 Å². The number of benzene rings is 20. The topological polar surface area (TPSA) is 26.3 Å². The van der Waals surface area contributed by atoms with Crippen LogP contribution in [0.4, 0.5) is 0 Å². The Bertz CT molecular complexity index is 9960. The fourth-order valence-corrected chi connectivity index (χ4v) is 14.1. The molecule has 2 nitrogen and oxygen atoms in total. The maximum absolute atomic E-state index is 9.71. The summed E-state index contributed by atoms with van der Waals surface area (Å²) >= 11 is 0. The Balaban J connectivity index is 0.000000176. The van der Waals surface area contributed by atoms with Gasteiger partial charge in [-0.15, -0.1) is 0 Å². The van der Waals surface area contributed by atoms with Gasteiger partial charge in [0.25, 0.3) is 0 Å². The van der Waals surface area contributed by atoms with Crippen molar-refractivity contribution in [3.05, 3.63) is 363 Å². The van der Waals surface area contributed by atoms with Crippen molar-refractivity contribution in [3.63, 3.8) is 0 Å². The largest absolute Gasteiger partial charge is 0.456 e. The third-order valence-electron chi connectivity index (χ3n) is 18.4. The predicted octanol–water partition coefficient (Wildman–Crippen LogP) is 28.7. The van der Waals surface area contributed by atoms with Crippen molar-refractivity contribution in [1.82, 2.24) is 0 Å². The maximum Gasteiger partial charge on any atom is 0.136 e. The van der Waals surface area contributed by atoms with E-state index in [9.17, 15) is 27.4 Å². The van der Waals surface area contributed by atoms with Gasteiger partial charge >= 0.3 is 0 Å². The molecule has 0 bridgehead atoms. The van der Waals surface area contributed by atoms with Gasteiger partial charge in [-0.2, -0.15) is 0 Å². The molecule has 0 aliphatic rings. The molecule has 0 fully saturated rings. The quantitative estimate of drug-likeness (QED) is 0.155.